The van der Waals surface area contributed by atoms with E-state index in [0.717, 1.165) is 12.8 Å². The Kier molecular flexibility index (Phi) is 8.28. The maximum atomic E-state index is 11.5. The van der Waals surface area contributed by atoms with E-state index in [0.29, 0.717) is 56.2 Å². The molecule has 2 aliphatic rings. The fourth-order valence-corrected chi connectivity index (χ4v) is 4.97. The van der Waals surface area contributed by atoms with Crippen LogP contribution in [0.4, 0.5) is 17.3 Å². The van der Waals surface area contributed by atoms with Gasteiger partial charge in [-0.15, -0.1) is 0 Å². The highest BCUT2D eigenvalue weighted by atomic mass is 16.6. The molecular formula is C23H36N4O5. The summed E-state index contributed by atoms with van der Waals surface area (Å²) in [6.45, 7) is 8.67. The van der Waals surface area contributed by atoms with Crippen molar-refractivity contribution < 1.29 is 19.6 Å². The highest BCUT2D eigenvalue weighted by Gasteiger charge is 2.31. The van der Waals surface area contributed by atoms with Crippen molar-refractivity contribution in [2.45, 2.75) is 59.0 Å². The van der Waals surface area contributed by atoms with Crippen LogP contribution in [0.3, 0.4) is 0 Å². The van der Waals surface area contributed by atoms with Gasteiger partial charge >= 0.3 is 11.7 Å². The lowest BCUT2D eigenvalue weighted by atomic mass is 9.75. The number of ether oxygens (including phenoxy) is 1. The van der Waals surface area contributed by atoms with E-state index in [1.807, 2.05) is 4.90 Å². The largest absolute Gasteiger partial charge is 0.481 e. The number of rotatable bonds is 9. The molecule has 3 rings (SSSR count). The number of pyridine rings is 1. The maximum absolute atomic E-state index is 11.5. The van der Waals surface area contributed by atoms with E-state index >= 15 is 0 Å². The summed E-state index contributed by atoms with van der Waals surface area (Å²) < 4.78 is 6.20. The molecule has 0 amide bonds. The molecule has 2 N–H and O–H groups in total. The molecule has 9 heteroatoms. The number of carboxylic acid groups (broad SMARTS) is 1. The lowest BCUT2D eigenvalue weighted by Crippen LogP contribution is -2.39. The summed E-state index contributed by atoms with van der Waals surface area (Å²) in [6.07, 6.45) is 5.08. The van der Waals surface area contributed by atoms with Gasteiger partial charge in [0.25, 0.3) is 0 Å². The molecule has 1 aromatic heterocycles. The van der Waals surface area contributed by atoms with E-state index in [-0.39, 0.29) is 17.6 Å². The molecule has 1 saturated heterocycles. The number of nitrogens with one attached hydrogen (secondary N) is 1. The number of aliphatic carboxylic acids is 1. The van der Waals surface area contributed by atoms with Crippen molar-refractivity contribution >= 4 is 23.3 Å². The minimum absolute atomic E-state index is 0.0908. The molecule has 2 heterocycles. The van der Waals surface area contributed by atoms with Crippen molar-refractivity contribution in [1.29, 1.82) is 0 Å². The van der Waals surface area contributed by atoms with Crippen LogP contribution in [0.25, 0.3) is 0 Å². The topological polar surface area (TPSA) is 118 Å². The van der Waals surface area contributed by atoms with Gasteiger partial charge in [0.2, 0.25) is 5.82 Å². The number of hydrogen-bond donors (Lipinski definition) is 2. The molecule has 2 fully saturated rings. The first kappa shape index (κ1) is 24.2. The summed E-state index contributed by atoms with van der Waals surface area (Å²) in [5.74, 6) is 1.27. The van der Waals surface area contributed by atoms with Gasteiger partial charge < -0.3 is 20.1 Å². The van der Waals surface area contributed by atoms with Crippen LogP contribution in [0.2, 0.25) is 0 Å². The number of aromatic nitrogens is 1. The van der Waals surface area contributed by atoms with Gasteiger partial charge in [0.1, 0.15) is 5.82 Å². The summed E-state index contributed by atoms with van der Waals surface area (Å²) in [5.41, 5.74) is -0.0908. The van der Waals surface area contributed by atoms with Gasteiger partial charge in [-0.3, -0.25) is 14.9 Å². The van der Waals surface area contributed by atoms with E-state index in [2.05, 4.69) is 31.1 Å². The normalized spacial score (nSPS) is 26.2. The fourth-order valence-electron chi connectivity index (χ4n) is 4.97. The molecule has 0 radical (unpaired) electrons. The molecule has 9 nitrogen and oxygen atoms in total. The van der Waals surface area contributed by atoms with Gasteiger partial charge in [-0.2, -0.15) is 0 Å². The van der Waals surface area contributed by atoms with Gasteiger partial charge in [-0.1, -0.05) is 27.2 Å². The molecule has 1 saturated carbocycles. The molecule has 1 aliphatic heterocycles. The first-order chi connectivity index (χ1) is 15.3. The van der Waals surface area contributed by atoms with E-state index in [1.165, 1.54) is 18.9 Å². The van der Waals surface area contributed by atoms with Gasteiger partial charge in [-0.25, -0.2) is 4.98 Å². The number of anilines is 2. The Hall–Kier alpha value is -2.42. The molecule has 0 bridgehead atoms. The third-order valence-electron chi connectivity index (χ3n) is 6.84. The molecule has 1 aliphatic carbocycles. The van der Waals surface area contributed by atoms with Gasteiger partial charge in [0.15, 0.2) is 0 Å². The lowest BCUT2D eigenvalue weighted by Gasteiger charge is -2.37. The van der Waals surface area contributed by atoms with Crippen LogP contribution in [0.5, 0.6) is 0 Å². The third-order valence-corrected chi connectivity index (χ3v) is 6.84. The number of hydrogen-bond acceptors (Lipinski definition) is 7. The van der Waals surface area contributed by atoms with Crippen LogP contribution in [-0.2, 0) is 9.53 Å². The van der Waals surface area contributed by atoms with E-state index in [4.69, 9.17) is 4.74 Å². The number of carbonyl (C=O) groups is 1. The van der Waals surface area contributed by atoms with Crippen LogP contribution in [0, 0.1) is 33.8 Å². The second-order valence-electron chi connectivity index (χ2n) is 9.58. The average Bonchev–Trinajstić information content (AvgIpc) is 2.76. The van der Waals surface area contributed by atoms with Crippen LogP contribution < -0.4 is 10.2 Å². The molecule has 32 heavy (non-hydrogen) atoms. The number of nitrogens with zero attached hydrogens (tertiary/aromatic N) is 3. The molecule has 0 spiro atoms. The minimum Gasteiger partial charge on any atom is -0.481 e. The van der Waals surface area contributed by atoms with E-state index in [1.54, 1.807) is 6.07 Å². The lowest BCUT2D eigenvalue weighted by molar-refractivity contribution is -0.384. The predicted molar refractivity (Wildman–Crippen MR) is 123 cm³/mol. The number of nitro groups is 1. The Bertz CT molecular complexity index is 803. The standard InChI is InChI=1S/C23H36N4O5/c1-15(2)18-7-6-16(3)13-20(18)32-12-10-24-22-19(27(30)31)8-9-21(25-22)26-11-4-5-17(14-26)23(28)29/h8-9,15-18,20H,4-7,10-14H2,1-3H3,(H,24,25)(H,28,29). The Balaban J connectivity index is 1.62. The summed E-state index contributed by atoms with van der Waals surface area (Å²) in [4.78, 5) is 28.8. The second kappa shape index (κ2) is 10.9. The highest BCUT2D eigenvalue weighted by Crippen LogP contribution is 2.35. The van der Waals surface area contributed by atoms with Crippen molar-refractivity contribution in [3.8, 4) is 0 Å². The van der Waals surface area contributed by atoms with E-state index in [9.17, 15) is 20.0 Å². The Morgan fingerprint density at radius 2 is 2.16 bits per heavy atom. The second-order valence-corrected chi connectivity index (χ2v) is 9.58. The Morgan fingerprint density at radius 3 is 2.84 bits per heavy atom. The van der Waals surface area contributed by atoms with Crippen LogP contribution in [0.15, 0.2) is 12.1 Å². The van der Waals surface area contributed by atoms with Crippen LogP contribution in [0.1, 0.15) is 52.9 Å². The molecule has 178 valence electrons. The number of piperidine rings is 1. The summed E-state index contributed by atoms with van der Waals surface area (Å²) >= 11 is 0. The van der Waals surface area contributed by atoms with Crippen LogP contribution in [-0.4, -0.2) is 53.3 Å². The van der Waals surface area contributed by atoms with Gasteiger partial charge in [-0.05, 0) is 49.5 Å². The van der Waals surface area contributed by atoms with Gasteiger partial charge in [0, 0.05) is 25.7 Å². The summed E-state index contributed by atoms with van der Waals surface area (Å²) in [5, 5.41) is 23.9. The highest BCUT2D eigenvalue weighted by molar-refractivity contribution is 5.71. The van der Waals surface area contributed by atoms with Crippen molar-refractivity contribution in [1.82, 2.24) is 4.98 Å². The third kappa shape index (κ3) is 6.09. The monoisotopic (exact) mass is 448 g/mol. The average molecular weight is 449 g/mol. The molecule has 4 atom stereocenters. The first-order valence-electron chi connectivity index (χ1n) is 11.7. The summed E-state index contributed by atoms with van der Waals surface area (Å²) in [6, 6.07) is 3.04. The first-order valence-corrected chi connectivity index (χ1v) is 11.7. The zero-order valence-electron chi connectivity index (χ0n) is 19.3. The SMILES string of the molecule is CC1CCC(C(C)C)C(OCCNc2nc(N3CCCC(C(=O)O)C3)ccc2[N+](=O)[O-])C1. The Labute approximate surface area is 189 Å². The number of carboxylic acids is 1. The quantitative estimate of drug-likeness (QED) is 0.328. The fraction of sp³-hybridized carbons (Fsp3) is 0.739. The van der Waals surface area contributed by atoms with Gasteiger partial charge in [0.05, 0.1) is 23.6 Å². The molecular weight excluding hydrogens is 412 g/mol. The minimum atomic E-state index is -0.816. The molecule has 0 aromatic carbocycles. The summed E-state index contributed by atoms with van der Waals surface area (Å²) in [7, 11) is 0. The van der Waals surface area contributed by atoms with E-state index < -0.39 is 16.8 Å². The predicted octanol–water partition coefficient (Wildman–Crippen LogP) is 4.18. The Morgan fingerprint density at radius 1 is 1.38 bits per heavy atom. The van der Waals surface area contributed by atoms with Crippen molar-refractivity contribution in [3.63, 3.8) is 0 Å². The zero-order valence-corrected chi connectivity index (χ0v) is 19.3. The van der Waals surface area contributed by atoms with Crippen molar-refractivity contribution in [2.75, 3.05) is 36.5 Å². The molecule has 1 aromatic rings. The smallest absolute Gasteiger partial charge is 0.311 e. The zero-order chi connectivity index (χ0) is 23.3. The van der Waals surface area contributed by atoms with Crippen molar-refractivity contribution in [2.24, 2.45) is 23.7 Å². The maximum Gasteiger partial charge on any atom is 0.311 e. The molecule has 4 unspecified atom stereocenters. The van der Waals surface area contributed by atoms with Crippen LogP contribution >= 0.6 is 0 Å². The van der Waals surface area contributed by atoms with Crippen molar-refractivity contribution in [3.05, 3.63) is 22.2 Å².